The summed E-state index contributed by atoms with van der Waals surface area (Å²) in [6.07, 6.45) is 0. The number of anilines is 1. The van der Waals surface area contributed by atoms with Gasteiger partial charge in [0.15, 0.2) is 0 Å². The lowest BCUT2D eigenvalue weighted by Gasteiger charge is -2.10. The molecule has 100 valence electrons. The van der Waals surface area contributed by atoms with Gasteiger partial charge in [0.1, 0.15) is 10.6 Å². The monoisotopic (exact) mass is 361 g/mol. The van der Waals surface area contributed by atoms with Gasteiger partial charge in [-0.3, -0.25) is 4.72 Å². The number of phenols is 1. The van der Waals surface area contributed by atoms with Crippen molar-refractivity contribution < 1.29 is 13.5 Å². The van der Waals surface area contributed by atoms with Crippen LogP contribution in [-0.2, 0) is 10.0 Å². The van der Waals surface area contributed by atoms with Crippen molar-refractivity contribution in [3.05, 3.63) is 52.0 Å². The number of benzene rings is 2. The van der Waals surface area contributed by atoms with Crippen LogP contribution in [0.15, 0.2) is 51.8 Å². The van der Waals surface area contributed by atoms with Crippen LogP contribution in [0.2, 0.25) is 5.02 Å². The molecule has 0 unspecified atom stereocenters. The molecule has 0 bridgehead atoms. The molecule has 2 aromatic rings. The van der Waals surface area contributed by atoms with Crippen molar-refractivity contribution in [3.8, 4) is 5.75 Å². The van der Waals surface area contributed by atoms with Gasteiger partial charge in [-0.25, -0.2) is 8.42 Å². The quantitative estimate of drug-likeness (QED) is 0.876. The summed E-state index contributed by atoms with van der Waals surface area (Å²) in [5.74, 6) is -0.303. The van der Waals surface area contributed by atoms with Crippen molar-refractivity contribution in [2.75, 3.05) is 4.72 Å². The Kier molecular flexibility index (Phi) is 4.03. The molecule has 2 N–H and O–H groups in total. The minimum absolute atomic E-state index is 0.180. The molecule has 0 atom stereocenters. The highest BCUT2D eigenvalue weighted by Crippen LogP contribution is 2.28. The van der Waals surface area contributed by atoms with E-state index in [-0.39, 0.29) is 10.6 Å². The van der Waals surface area contributed by atoms with E-state index < -0.39 is 10.0 Å². The highest BCUT2D eigenvalue weighted by molar-refractivity contribution is 9.10. The Morgan fingerprint density at radius 2 is 1.84 bits per heavy atom. The predicted molar refractivity (Wildman–Crippen MR) is 78.1 cm³/mol. The van der Waals surface area contributed by atoms with Gasteiger partial charge in [0.05, 0.1) is 10.7 Å². The second kappa shape index (κ2) is 5.40. The van der Waals surface area contributed by atoms with Crippen LogP contribution >= 0.6 is 27.5 Å². The molecule has 2 rings (SSSR count). The Labute approximate surface area is 124 Å². The number of phenolic OH excluding ortho intramolecular Hbond substituents is 1. The van der Waals surface area contributed by atoms with Gasteiger partial charge in [0.25, 0.3) is 10.0 Å². The fraction of sp³-hybridized carbons (Fsp3) is 0. The summed E-state index contributed by atoms with van der Waals surface area (Å²) in [7, 11) is -3.84. The standard InChI is InChI=1S/C12H9BrClNO3S/c13-9-7-8(5-6-10(9)14)15-19(17,18)12-4-2-1-3-11(12)16/h1-7,15-16H. The molecule has 19 heavy (non-hydrogen) atoms. The Morgan fingerprint density at radius 3 is 2.47 bits per heavy atom. The summed E-state index contributed by atoms with van der Waals surface area (Å²) in [4.78, 5) is -0.180. The summed E-state index contributed by atoms with van der Waals surface area (Å²) in [6.45, 7) is 0. The molecule has 0 fully saturated rings. The van der Waals surface area contributed by atoms with E-state index in [4.69, 9.17) is 11.6 Å². The number of aromatic hydroxyl groups is 1. The average molecular weight is 363 g/mol. The highest BCUT2D eigenvalue weighted by atomic mass is 79.9. The van der Waals surface area contributed by atoms with Crippen LogP contribution in [0.4, 0.5) is 5.69 Å². The lowest BCUT2D eigenvalue weighted by molar-refractivity contribution is 0.459. The predicted octanol–water partition coefficient (Wildman–Crippen LogP) is 3.61. The number of halogens is 2. The van der Waals surface area contributed by atoms with Gasteiger partial charge < -0.3 is 5.11 Å². The van der Waals surface area contributed by atoms with Crippen molar-refractivity contribution in [1.82, 2.24) is 0 Å². The Bertz CT molecular complexity index is 719. The molecule has 4 nitrogen and oxygen atoms in total. The minimum Gasteiger partial charge on any atom is -0.507 e. The van der Waals surface area contributed by atoms with Crippen LogP contribution in [-0.4, -0.2) is 13.5 Å². The minimum atomic E-state index is -3.84. The lowest BCUT2D eigenvalue weighted by atomic mass is 10.3. The van der Waals surface area contributed by atoms with Crippen LogP contribution in [0, 0.1) is 0 Å². The number of hydrogen-bond acceptors (Lipinski definition) is 3. The molecule has 0 aliphatic rings. The lowest BCUT2D eigenvalue weighted by Crippen LogP contribution is -2.13. The van der Waals surface area contributed by atoms with Crippen LogP contribution in [0.1, 0.15) is 0 Å². The smallest absolute Gasteiger partial charge is 0.265 e. The molecule has 0 saturated heterocycles. The maximum absolute atomic E-state index is 12.1. The van der Waals surface area contributed by atoms with E-state index in [1.807, 2.05) is 0 Å². The molecule has 7 heteroatoms. The third-order valence-electron chi connectivity index (χ3n) is 2.33. The molecule has 0 radical (unpaired) electrons. The second-order valence-corrected chi connectivity index (χ2v) is 6.61. The third kappa shape index (κ3) is 3.20. The zero-order valence-corrected chi connectivity index (χ0v) is 12.6. The zero-order valence-electron chi connectivity index (χ0n) is 9.47. The molecule has 0 aromatic heterocycles. The number of rotatable bonds is 3. The highest BCUT2D eigenvalue weighted by Gasteiger charge is 2.18. The van der Waals surface area contributed by atoms with E-state index in [1.165, 1.54) is 24.3 Å². The number of nitrogens with one attached hydrogen (secondary N) is 1. The van der Waals surface area contributed by atoms with Crippen molar-refractivity contribution in [3.63, 3.8) is 0 Å². The largest absolute Gasteiger partial charge is 0.507 e. The second-order valence-electron chi connectivity index (χ2n) is 3.70. The first-order chi connectivity index (χ1) is 8.90. The summed E-state index contributed by atoms with van der Waals surface area (Å²) < 4.78 is 27.1. The van der Waals surface area contributed by atoms with Gasteiger partial charge in [-0.2, -0.15) is 0 Å². The first kappa shape index (κ1) is 14.2. The van der Waals surface area contributed by atoms with Gasteiger partial charge in [0, 0.05) is 4.47 Å². The van der Waals surface area contributed by atoms with Gasteiger partial charge in [0.2, 0.25) is 0 Å². The first-order valence-electron chi connectivity index (χ1n) is 5.16. The Balaban J connectivity index is 2.37. The van der Waals surface area contributed by atoms with Crippen molar-refractivity contribution in [2.45, 2.75) is 4.90 Å². The van der Waals surface area contributed by atoms with Gasteiger partial charge in [-0.15, -0.1) is 0 Å². The van der Waals surface area contributed by atoms with Crippen LogP contribution in [0.25, 0.3) is 0 Å². The molecule has 2 aromatic carbocycles. The molecular formula is C12H9BrClNO3S. The topological polar surface area (TPSA) is 66.4 Å². The van der Waals surface area contributed by atoms with E-state index >= 15 is 0 Å². The normalized spacial score (nSPS) is 11.3. The maximum atomic E-state index is 12.1. The molecule has 0 spiro atoms. The third-order valence-corrected chi connectivity index (χ3v) is 4.97. The number of hydrogen-bond donors (Lipinski definition) is 2. The maximum Gasteiger partial charge on any atom is 0.265 e. The van der Waals surface area contributed by atoms with Crippen LogP contribution < -0.4 is 4.72 Å². The van der Waals surface area contributed by atoms with Crippen LogP contribution in [0.5, 0.6) is 5.75 Å². The van der Waals surface area contributed by atoms with Gasteiger partial charge in [-0.05, 0) is 46.3 Å². The zero-order chi connectivity index (χ0) is 14.0. The molecule has 0 amide bonds. The summed E-state index contributed by atoms with van der Waals surface area (Å²) >= 11 is 9.04. The van der Waals surface area contributed by atoms with E-state index in [2.05, 4.69) is 20.7 Å². The van der Waals surface area contributed by atoms with Crippen molar-refractivity contribution in [2.24, 2.45) is 0 Å². The van der Waals surface area contributed by atoms with Gasteiger partial charge in [-0.1, -0.05) is 23.7 Å². The molecular weight excluding hydrogens is 354 g/mol. The number of para-hydroxylation sites is 1. The fourth-order valence-corrected chi connectivity index (χ4v) is 3.10. The molecule has 0 aliphatic heterocycles. The Hall–Kier alpha value is -1.24. The SMILES string of the molecule is O=S(=O)(Nc1ccc(Cl)c(Br)c1)c1ccccc1O. The summed E-state index contributed by atoms with van der Waals surface area (Å²) in [6, 6.07) is 10.4. The first-order valence-corrected chi connectivity index (χ1v) is 7.81. The fourth-order valence-electron chi connectivity index (χ4n) is 1.45. The van der Waals surface area contributed by atoms with Gasteiger partial charge >= 0.3 is 0 Å². The molecule has 0 saturated carbocycles. The average Bonchev–Trinajstić information content (AvgIpc) is 2.34. The summed E-state index contributed by atoms with van der Waals surface area (Å²) in [5, 5.41) is 10.1. The van der Waals surface area contributed by atoms with Crippen molar-refractivity contribution in [1.29, 1.82) is 0 Å². The van der Waals surface area contributed by atoms with Crippen LogP contribution in [0.3, 0.4) is 0 Å². The van der Waals surface area contributed by atoms with E-state index in [9.17, 15) is 13.5 Å². The van der Waals surface area contributed by atoms with E-state index in [1.54, 1.807) is 18.2 Å². The number of sulfonamides is 1. The Morgan fingerprint density at radius 1 is 1.16 bits per heavy atom. The van der Waals surface area contributed by atoms with E-state index in [0.29, 0.717) is 15.2 Å². The summed E-state index contributed by atoms with van der Waals surface area (Å²) in [5.41, 5.74) is 0.347. The van der Waals surface area contributed by atoms with Crippen molar-refractivity contribution >= 4 is 43.2 Å². The molecule has 0 aliphatic carbocycles. The molecule has 0 heterocycles. The van der Waals surface area contributed by atoms with E-state index in [0.717, 1.165) is 0 Å².